The van der Waals surface area contributed by atoms with Gasteiger partial charge in [-0.25, -0.2) is 0 Å². The molecule has 1 aliphatic carbocycles. The molecule has 1 amide bonds. The van der Waals surface area contributed by atoms with Crippen molar-refractivity contribution >= 4 is 17.2 Å². The van der Waals surface area contributed by atoms with Crippen LogP contribution in [0.25, 0.3) is 11.5 Å². The maximum atomic E-state index is 12.2. The lowest BCUT2D eigenvalue weighted by atomic mass is 9.99. The summed E-state index contributed by atoms with van der Waals surface area (Å²) in [5.41, 5.74) is 1.70. The molecule has 0 aromatic carbocycles. The van der Waals surface area contributed by atoms with Gasteiger partial charge in [-0.05, 0) is 47.4 Å². The standard InChI is InChI=1S/C16H14N2O3S/c19-15(12-8-14(21-18-12)13-2-1-6-20-13)17-10-16(4-5-16)11-3-7-22-9-11/h1-3,6-9H,4-5,10H2,(H,17,19). The molecule has 6 heteroatoms. The van der Waals surface area contributed by atoms with E-state index in [4.69, 9.17) is 8.94 Å². The Labute approximate surface area is 130 Å². The maximum absolute atomic E-state index is 12.2. The van der Waals surface area contributed by atoms with Gasteiger partial charge in [0.1, 0.15) is 0 Å². The molecule has 1 saturated carbocycles. The zero-order chi connectivity index (χ0) is 15.0. The average Bonchev–Trinajstić information content (AvgIpc) is 3.07. The van der Waals surface area contributed by atoms with E-state index in [-0.39, 0.29) is 17.0 Å². The van der Waals surface area contributed by atoms with Crippen molar-refractivity contribution in [1.29, 1.82) is 0 Å². The third-order valence-electron chi connectivity index (χ3n) is 4.08. The summed E-state index contributed by atoms with van der Waals surface area (Å²) in [6.07, 6.45) is 3.77. The third kappa shape index (κ3) is 2.35. The van der Waals surface area contributed by atoms with Crippen LogP contribution >= 0.6 is 11.3 Å². The normalized spacial score (nSPS) is 15.6. The smallest absolute Gasteiger partial charge is 0.273 e. The van der Waals surface area contributed by atoms with Crippen LogP contribution in [0.3, 0.4) is 0 Å². The van der Waals surface area contributed by atoms with Gasteiger partial charge in [0.15, 0.2) is 11.5 Å². The van der Waals surface area contributed by atoms with Gasteiger partial charge in [0.05, 0.1) is 6.26 Å². The van der Waals surface area contributed by atoms with Crippen molar-refractivity contribution in [2.45, 2.75) is 18.3 Å². The number of carbonyl (C=O) groups is 1. The van der Waals surface area contributed by atoms with Crippen molar-refractivity contribution in [3.8, 4) is 11.5 Å². The molecule has 0 aliphatic heterocycles. The fraction of sp³-hybridized carbons (Fsp3) is 0.250. The Bertz CT molecular complexity index is 770. The van der Waals surface area contributed by atoms with Gasteiger partial charge in [0.25, 0.3) is 5.91 Å². The monoisotopic (exact) mass is 314 g/mol. The molecule has 1 N–H and O–H groups in total. The molecule has 0 saturated heterocycles. The molecule has 4 rings (SSSR count). The van der Waals surface area contributed by atoms with Crippen molar-refractivity contribution in [3.05, 3.63) is 52.5 Å². The first-order valence-electron chi connectivity index (χ1n) is 7.08. The molecule has 0 radical (unpaired) electrons. The zero-order valence-electron chi connectivity index (χ0n) is 11.7. The van der Waals surface area contributed by atoms with Crippen LogP contribution in [0, 0.1) is 0 Å². The molecule has 0 spiro atoms. The molecular weight excluding hydrogens is 300 g/mol. The lowest BCUT2D eigenvalue weighted by molar-refractivity contribution is 0.0940. The minimum Gasteiger partial charge on any atom is -0.461 e. The number of hydrogen-bond donors (Lipinski definition) is 1. The minimum absolute atomic E-state index is 0.114. The van der Waals surface area contributed by atoms with Crippen LogP contribution in [0.4, 0.5) is 0 Å². The quantitative estimate of drug-likeness (QED) is 0.783. The van der Waals surface area contributed by atoms with Gasteiger partial charge in [-0.2, -0.15) is 11.3 Å². The molecule has 0 unspecified atom stereocenters. The van der Waals surface area contributed by atoms with E-state index in [2.05, 4.69) is 27.3 Å². The van der Waals surface area contributed by atoms with E-state index in [1.807, 2.05) is 0 Å². The van der Waals surface area contributed by atoms with E-state index in [0.717, 1.165) is 12.8 Å². The number of carbonyl (C=O) groups excluding carboxylic acids is 1. The van der Waals surface area contributed by atoms with Gasteiger partial charge in [0.2, 0.25) is 5.76 Å². The van der Waals surface area contributed by atoms with E-state index < -0.39 is 0 Å². The number of hydrogen-bond acceptors (Lipinski definition) is 5. The van der Waals surface area contributed by atoms with E-state index in [0.29, 0.717) is 18.1 Å². The molecule has 112 valence electrons. The Kier molecular flexibility index (Phi) is 3.11. The number of aromatic nitrogens is 1. The van der Waals surface area contributed by atoms with Crippen molar-refractivity contribution in [2.24, 2.45) is 0 Å². The molecule has 22 heavy (non-hydrogen) atoms. The molecule has 1 fully saturated rings. The molecule has 0 atom stereocenters. The Morgan fingerprint density at radius 3 is 2.95 bits per heavy atom. The summed E-state index contributed by atoms with van der Waals surface area (Å²) in [4.78, 5) is 12.2. The first-order chi connectivity index (χ1) is 10.8. The van der Waals surface area contributed by atoms with E-state index in [1.165, 1.54) is 5.56 Å². The largest absolute Gasteiger partial charge is 0.461 e. The van der Waals surface area contributed by atoms with Gasteiger partial charge >= 0.3 is 0 Å². The molecule has 5 nitrogen and oxygen atoms in total. The van der Waals surface area contributed by atoms with Crippen LogP contribution in [0.15, 0.2) is 50.2 Å². The zero-order valence-corrected chi connectivity index (χ0v) is 12.6. The Balaban J connectivity index is 1.43. The highest BCUT2D eigenvalue weighted by molar-refractivity contribution is 7.08. The second-order valence-corrected chi connectivity index (χ2v) is 6.31. The van der Waals surface area contributed by atoms with Crippen LogP contribution in [-0.2, 0) is 5.41 Å². The fourth-order valence-electron chi connectivity index (χ4n) is 2.54. The summed E-state index contributed by atoms with van der Waals surface area (Å²) in [7, 11) is 0. The van der Waals surface area contributed by atoms with Crippen molar-refractivity contribution in [3.63, 3.8) is 0 Å². The van der Waals surface area contributed by atoms with Crippen LogP contribution < -0.4 is 5.32 Å². The van der Waals surface area contributed by atoms with Gasteiger partial charge < -0.3 is 14.3 Å². The van der Waals surface area contributed by atoms with Gasteiger partial charge in [-0.1, -0.05) is 5.16 Å². The highest BCUT2D eigenvalue weighted by Crippen LogP contribution is 2.48. The number of rotatable bonds is 5. The SMILES string of the molecule is O=C(NCC1(c2ccsc2)CC1)c1cc(-c2ccco2)on1. The minimum atomic E-state index is -0.219. The fourth-order valence-corrected chi connectivity index (χ4v) is 3.32. The molecule has 0 bridgehead atoms. The van der Waals surface area contributed by atoms with Crippen LogP contribution in [-0.4, -0.2) is 17.6 Å². The number of thiophene rings is 1. The second-order valence-electron chi connectivity index (χ2n) is 5.53. The summed E-state index contributed by atoms with van der Waals surface area (Å²) in [6.45, 7) is 0.630. The number of amides is 1. The molecule has 3 aromatic heterocycles. The van der Waals surface area contributed by atoms with Gasteiger partial charge in [-0.15, -0.1) is 0 Å². The first-order valence-corrected chi connectivity index (χ1v) is 8.03. The first kappa shape index (κ1) is 13.3. The average molecular weight is 314 g/mol. The Morgan fingerprint density at radius 2 is 2.27 bits per heavy atom. The Hall–Kier alpha value is -2.34. The summed E-state index contributed by atoms with van der Waals surface area (Å²) in [5.74, 6) is 0.792. The molecule has 1 aliphatic rings. The number of furan rings is 1. The number of nitrogens with zero attached hydrogens (tertiary/aromatic N) is 1. The summed E-state index contributed by atoms with van der Waals surface area (Å²) in [6, 6.07) is 7.25. The highest BCUT2D eigenvalue weighted by Gasteiger charge is 2.44. The van der Waals surface area contributed by atoms with E-state index in [9.17, 15) is 4.79 Å². The van der Waals surface area contributed by atoms with Crippen LogP contribution in [0.5, 0.6) is 0 Å². The second kappa shape index (κ2) is 5.14. The summed E-state index contributed by atoms with van der Waals surface area (Å²) >= 11 is 1.69. The predicted octanol–water partition coefficient (Wildman–Crippen LogP) is 3.46. The third-order valence-corrected chi connectivity index (χ3v) is 4.76. The highest BCUT2D eigenvalue weighted by atomic mass is 32.1. The van der Waals surface area contributed by atoms with E-state index >= 15 is 0 Å². The summed E-state index contributed by atoms with van der Waals surface area (Å²) in [5, 5.41) is 11.0. The maximum Gasteiger partial charge on any atom is 0.273 e. The molecule has 3 aromatic rings. The van der Waals surface area contributed by atoms with Crippen molar-refractivity contribution < 1.29 is 13.7 Å². The lowest BCUT2D eigenvalue weighted by Gasteiger charge is -2.13. The van der Waals surface area contributed by atoms with Crippen molar-refractivity contribution in [2.75, 3.05) is 6.54 Å². The lowest BCUT2D eigenvalue weighted by Crippen LogP contribution is -2.32. The summed E-state index contributed by atoms with van der Waals surface area (Å²) < 4.78 is 10.4. The van der Waals surface area contributed by atoms with Gasteiger partial charge in [-0.3, -0.25) is 4.79 Å². The van der Waals surface area contributed by atoms with Crippen molar-refractivity contribution in [1.82, 2.24) is 10.5 Å². The number of nitrogens with one attached hydrogen (secondary N) is 1. The van der Waals surface area contributed by atoms with E-state index in [1.54, 1.807) is 35.8 Å². The predicted molar refractivity (Wildman–Crippen MR) is 81.8 cm³/mol. The van der Waals surface area contributed by atoms with Crippen LogP contribution in [0.1, 0.15) is 28.9 Å². The van der Waals surface area contributed by atoms with Crippen LogP contribution in [0.2, 0.25) is 0 Å². The topological polar surface area (TPSA) is 68.3 Å². The molecule has 3 heterocycles. The molecular formula is C16H14N2O3S. The van der Waals surface area contributed by atoms with Gasteiger partial charge in [0, 0.05) is 18.0 Å². The Morgan fingerprint density at radius 1 is 1.36 bits per heavy atom.